The molecule has 160 valence electrons. The van der Waals surface area contributed by atoms with Gasteiger partial charge in [0, 0.05) is 12.1 Å². The highest BCUT2D eigenvalue weighted by Crippen LogP contribution is 2.21. The molecule has 5 N–H and O–H groups in total. The SMILES string of the molecule is Nc1ccc(-c2cccc(C(=O)Nc3ccc(OCCc4ccccc4)cc3)n2)nc1N. The predicted molar refractivity (Wildman–Crippen MR) is 126 cm³/mol. The summed E-state index contributed by atoms with van der Waals surface area (Å²) in [5.41, 5.74) is 15.1. The maximum Gasteiger partial charge on any atom is 0.274 e. The monoisotopic (exact) mass is 425 g/mol. The smallest absolute Gasteiger partial charge is 0.274 e. The molecular weight excluding hydrogens is 402 g/mol. The molecule has 0 spiro atoms. The fraction of sp³-hybridized carbons (Fsp3) is 0.0800. The number of nitrogens with one attached hydrogen (secondary N) is 1. The number of anilines is 3. The van der Waals surface area contributed by atoms with Gasteiger partial charge < -0.3 is 21.5 Å². The van der Waals surface area contributed by atoms with Gasteiger partial charge in [-0.3, -0.25) is 4.79 Å². The average Bonchev–Trinajstić information content (AvgIpc) is 2.83. The summed E-state index contributed by atoms with van der Waals surface area (Å²) in [5.74, 6) is 0.643. The Morgan fingerprint density at radius 2 is 1.56 bits per heavy atom. The summed E-state index contributed by atoms with van der Waals surface area (Å²) < 4.78 is 5.79. The molecule has 0 bridgehead atoms. The number of pyridine rings is 2. The van der Waals surface area contributed by atoms with Gasteiger partial charge in [-0.2, -0.15) is 0 Å². The minimum atomic E-state index is -0.326. The zero-order chi connectivity index (χ0) is 22.3. The van der Waals surface area contributed by atoms with Crippen molar-refractivity contribution in [3.05, 3.63) is 96.2 Å². The second kappa shape index (κ2) is 9.61. The van der Waals surface area contributed by atoms with Crippen molar-refractivity contribution >= 4 is 23.1 Å². The minimum absolute atomic E-state index is 0.227. The van der Waals surface area contributed by atoms with E-state index in [9.17, 15) is 4.79 Å². The number of benzene rings is 2. The first-order valence-electron chi connectivity index (χ1n) is 10.2. The summed E-state index contributed by atoms with van der Waals surface area (Å²) in [6.45, 7) is 0.579. The lowest BCUT2D eigenvalue weighted by atomic mass is 10.2. The molecule has 7 heteroatoms. The van der Waals surface area contributed by atoms with E-state index >= 15 is 0 Å². The van der Waals surface area contributed by atoms with Crippen molar-refractivity contribution in [3.8, 4) is 17.1 Å². The number of aromatic nitrogens is 2. The number of rotatable bonds is 7. The standard InChI is InChI=1S/C25H23N5O2/c26-20-13-14-22(30-24(20)27)21-7-4-8-23(29-21)25(31)28-18-9-11-19(12-10-18)32-16-15-17-5-2-1-3-6-17/h1-14H,15-16,26H2,(H2,27,30)(H,28,31). The van der Waals surface area contributed by atoms with Crippen molar-refractivity contribution < 1.29 is 9.53 Å². The van der Waals surface area contributed by atoms with Gasteiger partial charge in [0.2, 0.25) is 0 Å². The maximum absolute atomic E-state index is 12.7. The van der Waals surface area contributed by atoms with Crippen LogP contribution in [-0.4, -0.2) is 22.5 Å². The molecule has 0 atom stereocenters. The van der Waals surface area contributed by atoms with Crippen molar-refractivity contribution in [2.45, 2.75) is 6.42 Å². The second-order valence-corrected chi connectivity index (χ2v) is 7.14. The van der Waals surface area contributed by atoms with Gasteiger partial charge in [0.25, 0.3) is 5.91 Å². The fourth-order valence-corrected chi connectivity index (χ4v) is 3.09. The molecule has 7 nitrogen and oxygen atoms in total. The van der Waals surface area contributed by atoms with E-state index in [4.69, 9.17) is 16.2 Å². The van der Waals surface area contributed by atoms with Gasteiger partial charge in [-0.25, -0.2) is 9.97 Å². The van der Waals surface area contributed by atoms with Crippen LogP contribution in [0.15, 0.2) is 84.9 Å². The molecule has 1 amide bonds. The van der Waals surface area contributed by atoms with Gasteiger partial charge in [-0.1, -0.05) is 36.4 Å². The largest absolute Gasteiger partial charge is 0.493 e. The number of carbonyl (C=O) groups excluding carboxylic acids is 1. The van der Waals surface area contributed by atoms with Gasteiger partial charge >= 0.3 is 0 Å². The number of hydrogen-bond acceptors (Lipinski definition) is 6. The van der Waals surface area contributed by atoms with Crippen molar-refractivity contribution in [2.75, 3.05) is 23.4 Å². The van der Waals surface area contributed by atoms with Crippen LogP contribution in [0.3, 0.4) is 0 Å². The third-order valence-corrected chi connectivity index (χ3v) is 4.82. The number of nitrogens with zero attached hydrogens (tertiary/aromatic N) is 2. The van der Waals surface area contributed by atoms with E-state index in [-0.39, 0.29) is 17.4 Å². The van der Waals surface area contributed by atoms with Crippen LogP contribution in [0.4, 0.5) is 17.2 Å². The average molecular weight is 425 g/mol. The highest BCUT2D eigenvalue weighted by molar-refractivity contribution is 6.03. The lowest BCUT2D eigenvalue weighted by molar-refractivity contribution is 0.102. The fourth-order valence-electron chi connectivity index (χ4n) is 3.09. The highest BCUT2D eigenvalue weighted by atomic mass is 16.5. The molecular formula is C25H23N5O2. The minimum Gasteiger partial charge on any atom is -0.493 e. The van der Waals surface area contributed by atoms with Gasteiger partial charge in [-0.05, 0) is 54.1 Å². The number of hydrogen-bond donors (Lipinski definition) is 3. The summed E-state index contributed by atoms with van der Waals surface area (Å²) in [6, 6.07) is 25.9. The molecule has 0 aliphatic heterocycles. The van der Waals surface area contributed by atoms with Crippen LogP contribution >= 0.6 is 0 Å². The Morgan fingerprint density at radius 3 is 2.31 bits per heavy atom. The van der Waals surface area contributed by atoms with E-state index in [1.807, 2.05) is 30.3 Å². The summed E-state index contributed by atoms with van der Waals surface area (Å²) in [5, 5.41) is 2.84. The first-order chi connectivity index (χ1) is 15.6. The Labute approximate surface area is 186 Å². The molecule has 2 heterocycles. The highest BCUT2D eigenvalue weighted by Gasteiger charge is 2.11. The molecule has 2 aromatic carbocycles. The van der Waals surface area contributed by atoms with Crippen LogP contribution in [0.1, 0.15) is 16.1 Å². The second-order valence-electron chi connectivity index (χ2n) is 7.14. The molecule has 0 saturated carbocycles. The zero-order valence-electron chi connectivity index (χ0n) is 17.4. The number of nitrogen functional groups attached to an aromatic ring is 2. The summed E-state index contributed by atoms with van der Waals surface area (Å²) in [6.07, 6.45) is 0.829. The summed E-state index contributed by atoms with van der Waals surface area (Å²) in [4.78, 5) is 21.3. The quantitative estimate of drug-likeness (QED) is 0.409. The molecule has 4 aromatic rings. The third-order valence-electron chi connectivity index (χ3n) is 4.82. The summed E-state index contributed by atoms with van der Waals surface area (Å²) >= 11 is 0. The summed E-state index contributed by atoms with van der Waals surface area (Å²) in [7, 11) is 0. The predicted octanol–water partition coefficient (Wildman–Crippen LogP) is 4.18. The topological polar surface area (TPSA) is 116 Å². The van der Waals surface area contributed by atoms with Crippen molar-refractivity contribution in [2.24, 2.45) is 0 Å². The van der Waals surface area contributed by atoms with Crippen molar-refractivity contribution in [1.29, 1.82) is 0 Å². The molecule has 0 aliphatic rings. The van der Waals surface area contributed by atoms with Crippen LogP contribution in [0, 0.1) is 0 Å². The third kappa shape index (κ3) is 5.20. The van der Waals surface area contributed by atoms with Crippen LogP contribution in [0.2, 0.25) is 0 Å². The van der Waals surface area contributed by atoms with E-state index in [0.717, 1.165) is 12.2 Å². The molecule has 0 unspecified atom stereocenters. The van der Waals surface area contributed by atoms with Crippen LogP contribution in [0.5, 0.6) is 5.75 Å². The molecule has 0 fully saturated rings. The van der Waals surface area contributed by atoms with Crippen LogP contribution in [0.25, 0.3) is 11.4 Å². The molecule has 0 saturated heterocycles. The number of nitrogens with two attached hydrogens (primary N) is 2. The first-order valence-corrected chi connectivity index (χ1v) is 10.2. The zero-order valence-corrected chi connectivity index (χ0v) is 17.4. The Kier molecular flexibility index (Phi) is 6.27. The molecule has 0 aliphatic carbocycles. The lowest BCUT2D eigenvalue weighted by Gasteiger charge is -2.09. The molecule has 4 rings (SSSR count). The van der Waals surface area contributed by atoms with Gasteiger partial charge in [0.1, 0.15) is 17.3 Å². The van der Waals surface area contributed by atoms with E-state index in [1.165, 1.54) is 5.56 Å². The Hall–Kier alpha value is -4.39. The Balaban J connectivity index is 1.37. The molecule has 2 aromatic heterocycles. The lowest BCUT2D eigenvalue weighted by Crippen LogP contribution is -2.14. The van der Waals surface area contributed by atoms with Crippen LogP contribution < -0.4 is 21.5 Å². The maximum atomic E-state index is 12.7. The van der Waals surface area contributed by atoms with E-state index in [2.05, 4.69) is 27.4 Å². The van der Waals surface area contributed by atoms with Gasteiger partial charge in [0.05, 0.1) is 23.7 Å². The number of ether oxygens (including phenoxy) is 1. The normalized spacial score (nSPS) is 10.5. The first kappa shape index (κ1) is 20.9. The van der Waals surface area contributed by atoms with E-state index < -0.39 is 0 Å². The number of amides is 1. The van der Waals surface area contributed by atoms with E-state index in [0.29, 0.717) is 29.4 Å². The molecule has 0 radical (unpaired) electrons. The van der Waals surface area contributed by atoms with Crippen LogP contribution in [-0.2, 0) is 6.42 Å². The van der Waals surface area contributed by atoms with Gasteiger partial charge in [0.15, 0.2) is 0 Å². The number of carbonyl (C=O) groups is 1. The van der Waals surface area contributed by atoms with Crippen molar-refractivity contribution in [3.63, 3.8) is 0 Å². The molecule has 32 heavy (non-hydrogen) atoms. The van der Waals surface area contributed by atoms with Crippen molar-refractivity contribution in [1.82, 2.24) is 9.97 Å². The Bertz CT molecular complexity index is 1210. The van der Waals surface area contributed by atoms with E-state index in [1.54, 1.807) is 42.5 Å². The van der Waals surface area contributed by atoms with Gasteiger partial charge in [-0.15, -0.1) is 0 Å². The Morgan fingerprint density at radius 1 is 0.812 bits per heavy atom.